The monoisotopic (exact) mass is 244 g/mol. The molecule has 0 spiro atoms. The highest BCUT2D eigenvalue weighted by molar-refractivity contribution is 6.70. The van der Waals surface area contributed by atoms with Crippen LogP contribution < -0.4 is 5.46 Å². The Hall–Kier alpha value is -2.42. The van der Waals surface area contributed by atoms with Crippen LogP contribution in [0.5, 0.6) is 0 Å². The van der Waals surface area contributed by atoms with Gasteiger partial charge in [0.05, 0.1) is 11.4 Å². The van der Waals surface area contributed by atoms with E-state index in [2.05, 4.69) is 88.8 Å². The van der Waals surface area contributed by atoms with E-state index >= 15 is 0 Å². The first-order valence-corrected chi connectivity index (χ1v) is 6.51. The molecule has 0 fully saturated rings. The van der Waals surface area contributed by atoms with Gasteiger partial charge in [0.15, 0.2) is 0 Å². The van der Waals surface area contributed by atoms with Crippen LogP contribution in [0, 0.1) is 0 Å². The van der Waals surface area contributed by atoms with Gasteiger partial charge in [-0.05, 0) is 42.2 Å². The molecule has 3 heterocycles. The highest BCUT2D eigenvalue weighted by Crippen LogP contribution is 2.32. The lowest BCUT2D eigenvalue weighted by Gasteiger charge is -2.28. The zero-order chi connectivity index (χ0) is 12.7. The maximum absolute atomic E-state index is 2.32. The zero-order valence-electron chi connectivity index (χ0n) is 10.5. The average molecular weight is 244 g/mol. The molecule has 3 aliphatic heterocycles. The van der Waals surface area contributed by atoms with E-state index < -0.39 is 0 Å². The van der Waals surface area contributed by atoms with E-state index in [4.69, 9.17) is 0 Å². The van der Waals surface area contributed by atoms with Gasteiger partial charge in [0.1, 0.15) is 0 Å². The molecule has 0 saturated carbocycles. The number of hydrogen-bond acceptors (Lipinski definition) is 2. The van der Waals surface area contributed by atoms with E-state index in [0.29, 0.717) is 0 Å². The minimum atomic E-state index is 0.216. The Kier molecular flexibility index (Phi) is 2.24. The molecule has 3 aliphatic rings. The molecule has 19 heavy (non-hydrogen) atoms. The molecule has 0 bridgehead atoms. The van der Waals surface area contributed by atoms with E-state index in [1.165, 1.54) is 16.9 Å². The third-order valence-electron chi connectivity index (χ3n) is 3.67. The lowest BCUT2D eigenvalue weighted by Crippen LogP contribution is -2.50. The summed E-state index contributed by atoms with van der Waals surface area (Å²) in [5, 5.41) is 0. The van der Waals surface area contributed by atoms with Crippen molar-refractivity contribution in [1.82, 2.24) is 9.62 Å². The highest BCUT2D eigenvalue weighted by atomic mass is 15.3. The molecule has 0 amide bonds. The fourth-order valence-corrected chi connectivity index (χ4v) is 2.85. The SMILES string of the molecule is C1=CC2=C3C=CC=CN3B(c3ccccc3)N2C=C1. The maximum Gasteiger partial charge on any atom is 0.419 e. The first kappa shape index (κ1) is 10.5. The third-order valence-corrected chi connectivity index (χ3v) is 3.67. The fraction of sp³-hybridized carbons (Fsp3) is 0. The fourth-order valence-electron chi connectivity index (χ4n) is 2.85. The molecule has 0 atom stereocenters. The summed E-state index contributed by atoms with van der Waals surface area (Å²) >= 11 is 0. The minimum absolute atomic E-state index is 0.216. The number of rotatable bonds is 1. The number of allylic oxidation sites excluding steroid dienone is 6. The van der Waals surface area contributed by atoms with Crippen LogP contribution in [0.3, 0.4) is 0 Å². The topological polar surface area (TPSA) is 6.48 Å². The molecule has 90 valence electrons. The third kappa shape index (κ3) is 1.51. The normalized spacial score (nSPS) is 19.3. The van der Waals surface area contributed by atoms with Crippen LogP contribution in [0.4, 0.5) is 0 Å². The summed E-state index contributed by atoms with van der Waals surface area (Å²) in [6.45, 7) is 0.216. The molecule has 0 aromatic heterocycles. The van der Waals surface area contributed by atoms with Crippen LogP contribution >= 0.6 is 0 Å². The van der Waals surface area contributed by atoms with Crippen molar-refractivity contribution in [2.45, 2.75) is 0 Å². The predicted octanol–water partition coefficient (Wildman–Crippen LogP) is 2.38. The van der Waals surface area contributed by atoms with Gasteiger partial charge in [0.25, 0.3) is 0 Å². The average Bonchev–Trinajstić information content (AvgIpc) is 2.83. The molecular weight excluding hydrogens is 231 g/mol. The van der Waals surface area contributed by atoms with Crippen molar-refractivity contribution in [2.24, 2.45) is 0 Å². The van der Waals surface area contributed by atoms with Gasteiger partial charge in [-0.15, -0.1) is 0 Å². The molecule has 3 heteroatoms. The van der Waals surface area contributed by atoms with E-state index in [-0.39, 0.29) is 6.98 Å². The number of benzene rings is 1. The molecular formula is C16H13BN2. The maximum atomic E-state index is 2.32. The Balaban J connectivity index is 1.86. The van der Waals surface area contributed by atoms with Gasteiger partial charge in [-0.1, -0.05) is 42.5 Å². The second-order valence-corrected chi connectivity index (χ2v) is 4.77. The number of hydrogen-bond donors (Lipinski definition) is 0. The first-order chi connectivity index (χ1) is 9.45. The van der Waals surface area contributed by atoms with Crippen molar-refractivity contribution in [3.05, 3.63) is 90.6 Å². The smallest absolute Gasteiger partial charge is 0.366 e. The lowest BCUT2D eigenvalue weighted by atomic mass is 9.65. The van der Waals surface area contributed by atoms with Gasteiger partial charge in [-0.2, -0.15) is 0 Å². The van der Waals surface area contributed by atoms with Crippen molar-refractivity contribution in [3.8, 4) is 0 Å². The summed E-state index contributed by atoms with van der Waals surface area (Å²) in [5.74, 6) is 0. The van der Waals surface area contributed by atoms with Crippen LogP contribution in [0.2, 0.25) is 0 Å². The van der Waals surface area contributed by atoms with E-state index in [1.807, 2.05) is 0 Å². The van der Waals surface area contributed by atoms with Gasteiger partial charge < -0.3 is 9.62 Å². The summed E-state index contributed by atoms with van der Waals surface area (Å²) in [7, 11) is 0. The Labute approximate surface area is 113 Å². The summed E-state index contributed by atoms with van der Waals surface area (Å²) in [6, 6.07) is 10.6. The van der Waals surface area contributed by atoms with Gasteiger partial charge in [-0.3, -0.25) is 0 Å². The molecule has 4 rings (SSSR count). The van der Waals surface area contributed by atoms with Crippen molar-refractivity contribution in [3.63, 3.8) is 0 Å². The van der Waals surface area contributed by atoms with Gasteiger partial charge in [-0.25, -0.2) is 0 Å². The van der Waals surface area contributed by atoms with Gasteiger partial charge in [0.2, 0.25) is 0 Å². The van der Waals surface area contributed by atoms with Crippen LogP contribution in [0.1, 0.15) is 0 Å². The van der Waals surface area contributed by atoms with Crippen LogP contribution in [0.15, 0.2) is 90.6 Å². The zero-order valence-corrected chi connectivity index (χ0v) is 10.5. The summed E-state index contributed by atoms with van der Waals surface area (Å²) in [5.41, 5.74) is 3.82. The van der Waals surface area contributed by atoms with Crippen molar-refractivity contribution in [2.75, 3.05) is 0 Å². The van der Waals surface area contributed by atoms with Gasteiger partial charge in [0, 0.05) is 0 Å². The highest BCUT2D eigenvalue weighted by Gasteiger charge is 2.40. The van der Waals surface area contributed by atoms with Gasteiger partial charge >= 0.3 is 6.98 Å². The molecule has 0 radical (unpaired) electrons. The van der Waals surface area contributed by atoms with Crippen molar-refractivity contribution >= 4 is 12.4 Å². The number of nitrogens with zero attached hydrogens (tertiary/aromatic N) is 2. The van der Waals surface area contributed by atoms with Crippen LogP contribution in [0.25, 0.3) is 0 Å². The minimum Gasteiger partial charge on any atom is -0.366 e. The summed E-state index contributed by atoms with van der Waals surface area (Å²) in [6.07, 6.45) is 17.0. The molecule has 2 nitrogen and oxygen atoms in total. The second-order valence-electron chi connectivity index (χ2n) is 4.77. The van der Waals surface area contributed by atoms with E-state index in [9.17, 15) is 0 Å². The Morgan fingerprint density at radius 1 is 0.684 bits per heavy atom. The quantitative estimate of drug-likeness (QED) is 0.700. The lowest BCUT2D eigenvalue weighted by molar-refractivity contribution is 0.704. The molecule has 0 N–H and O–H groups in total. The first-order valence-electron chi connectivity index (χ1n) is 6.51. The van der Waals surface area contributed by atoms with E-state index in [0.717, 1.165) is 0 Å². The largest absolute Gasteiger partial charge is 0.419 e. The molecule has 1 aromatic rings. The second kappa shape index (κ2) is 4.06. The Bertz CT molecular complexity index is 615. The molecule has 0 aliphatic carbocycles. The summed E-state index contributed by atoms with van der Waals surface area (Å²) in [4.78, 5) is 4.65. The van der Waals surface area contributed by atoms with Crippen molar-refractivity contribution < 1.29 is 0 Å². The van der Waals surface area contributed by atoms with Crippen LogP contribution in [-0.4, -0.2) is 16.6 Å². The Morgan fingerprint density at radius 2 is 1.26 bits per heavy atom. The standard InChI is InChI=1S/C16H13BN2/c1-2-8-14(9-3-1)17-18-12-6-4-10-15(18)16-11-5-7-13-19(16)17/h1-13H. The molecule has 1 aromatic carbocycles. The van der Waals surface area contributed by atoms with Crippen LogP contribution in [-0.2, 0) is 0 Å². The molecule has 0 saturated heterocycles. The molecule has 0 unspecified atom stereocenters. The predicted molar refractivity (Wildman–Crippen MR) is 79.1 cm³/mol. The van der Waals surface area contributed by atoms with Crippen molar-refractivity contribution in [1.29, 1.82) is 0 Å². The van der Waals surface area contributed by atoms with E-state index in [1.54, 1.807) is 0 Å². The Morgan fingerprint density at radius 3 is 1.84 bits per heavy atom. The number of fused-ring (bicyclic) bond motifs is 2. The summed E-state index contributed by atoms with van der Waals surface area (Å²) < 4.78 is 0.